The van der Waals surface area contributed by atoms with Crippen molar-refractivity contribution in [3.63, 3.8) is 0 Å². The molecule has 1 atom stereocenters. The van der Waals surface area contributed by atoms with Crippen LogP contribution in [0.5, 0.6) is 0 Å². The first-order valence-electron chi connectivity index (χ1n) is 5.51. The number of hydrogen-bond donors (Lipinski definition) is 1. The Bertz CT molecular complexity index is 554. The van der Waals surface area contributed by atoms with Crippen LogP contribution in [-0.2, 0) is 6.42 Å². The van der Waals surface area contributed by atoms with Gasteiger partial charge in [-0.15, -0.1) is 0 Å². The second-order valence-electron chi connectivity index (χ2n) is 4.11. The summed E-state index contributed by atoms with van der Waals surface area (Å²) >= 11 is 0. The van der Waals surface area contributed by atoms with Crippen molar-refractivity contribution in [1.82, 2.24) is 0 Å². The Balaban J connectivity index is 2.16. The lowest BCUT2D eigenvalue weighted by Crippen LogP contribution is -2.13. The predicted molar refractivity (Wildman–Crippen MR) is 63.4 cm³/mol. The van der Waals surface area contributed by atoms with Gasteiger partial charge in [0.25, 0.3) is 0 Å². The first-order valence-corrected chi connectivity index (χ1v) is 5.51. The summed E-state index contributed by atoms with van der Waals surface area (Å²) in [7, 11) is 0. The molecule has 2 aromatic rings. The third-order valence-corrected chi connectivity index (χ3v) is 2.72. The van der Waals surface area contributed by atoms with Gasteiger partial charge < -0.3 is 5.73 Å². The summed E-state index contributed by atoms with van der Waals surface area (Å²) in [5.74, 6) is -2.18. The fraction of sp³-hybridized carbons (Fsp3) is 0.143. The summed E-state index contributed by atoms with van der Waals surface area (Å²) in [6, 6.07) is 9.08. The molecule has 0 amide bonds. The zero-order chi connectivity index (χ0) is 13.1. The number of hydrogen-bond acceptors (Lipinski definition) is 1. The van der Waals surface area contributed by atoms with E-state index in [0.29, 0.717) is 17.5 Å². The van der Waals surface area contributed by atoms with Crippen molar-refractivity contribution in [3.05, 3.63) is 71.0 Å². The maximum atomic E-state index is 13.1. The second kappa shape index (κ2) is 5.23. The van der Waals surface area contributed by atoms with Gasteiger partial charge in [0.1, 0.15) is 5.82 Å². The molecule has 0 fully saturated rings. The van der Waals surface area contributed by atoms with Crippen molar-refractivity contribution >= 4 is 0 Å². The molecule has 2 aromatic carbocycles. The molecule has 2 rings (SSSR count). The maximum absolute atomic E-state index is 13.1. The molecule has 0 bridgehead atoms. The molecule has 0 spiro atoms. The van der Waals surface area contributed by atoms with Crippen molar-refractivity contribution in [2.45, 2.75) is 12.5 Å². The SMILES string of the molecule is NC(Cc1cccc(F)c1)c1ccc(F)c(F)c1. The third-order valence-electron chi connectivity index (χ3n) is 2.72. The van der Waals surface area contributed by atoms with E-state index in [9.17, 15) is 13.2 Å². The molecule has 0 aliphatic heterocycles. The van der Waals surface area contributed by atoms with Gasteiger partial charge in [-0.1, -0.05) is 18.2 Å². The topological polar surface area (TPSA) is 26.0 Å². The standard InChI is InChI=1S/C14H12F3N/c15-11-3-1-2-9(6-11)7-14(18)10-4-5-12(16)13(17)8-10/h1-6,8,14H,7,18H2. The van der Waals surface area contributed by atoms with E-state index in [4.69, 9.17) is 5.73 Å². The highest BCUT2D eigenvalue weighted by Crippen LogP contribution is 2.18. The lowest BCUT2D eigenvalue weighted by molar-refractivity contribution is 0.505. The van der Waals surface area contributed by atoms with Gasteiger partial charge in [0, 0.05) is 6.04 Å². The minimum Gasteiger partial charge on any atom is -0.324 e. The van der Waals surface area contributed by atoms with Gasteiger partial charge in [0.2, 0.25) is 0 Å². The molecule has 94 valence electrons. The van der Waals surface area contributed by atoms with Gasteiger partial charge in [-0.3, -0.25) is 0 Å². The molecule has 1 unspecified atom stereocenters. The molecule has 0 aliphatic carbocycles. The number of halogens is 3. The smallest absolute Gasteiger partial charge is 0.159 e. The average Bonchev–Trinajstić information content (AvgIpc) is 2.32. The van der Waals surface area contributed by atoms with Crippen molar-refractivity contribution in [1.29, 1.82) is 0 Å². The highest BCUT2D eigenvalue weighted by molar-refractivity contribution is 5.25. The van der Waals surface area contributed by atoms with Crippen LogP contribution in [0.3, 0.4) is 0 Å². The zero-order valence-corrected chi connectivity index (χ0v) is 9.54. The Kier molecular flexibility index (Phi) is 3.67. The Morgan fingerprint density at radius 2 is 1.72 bits per heavy atom. The minimum atomic E-state index is -0.929. The monoisotopic (exact) mass is 251 g/mol. The van der Waals surface area contributed by atoms with E-state index < -0.39 is 17.7 Å². The quantitative estimate of drug-likeness (QED) is 0.889. The van der Waals surface area contributed by atoms with E-state index in [1.54, 1.807) is 12.1 Å². The molecule has 1 nitrogen and oxygen atoms in total. The first-order chi connectivity index (χ1) is 8.56. The molecular formula is C14H12F3N. The van der Waals surface area contributed by atoms with Gasteiger partial charge in [-0.2, -0.15) is 0 Å². The third kappa shape index (κ3) is 2.90. The Hall–Kier alpha value is -1.81. The molecule has 0 saturated heterocycles. The van der Waals surface area contributed by atoms with Gasteiger partial charge in [-0.25, -0.2) is 13.2 Å². The molecule has 0 saturated carbocycles. The van der Waals surface area contributed by atoms with E-state index in [2.05, 4.69) is 0 Å². The molecule has 0 aromatic heterocycles. The highest BCUT2D eigenvalue weighted by Gasteiger charge is 2.10. The van der Waals surface area contributed by atoms with Crippen LogP contribution in [0.25, 0.3) is 0 Å². The molecule has 4 heteroatoms. The largest absolute Gasteiger partial charge is 0.324 e. The Morgan fingerprint density at radius 3 is 2.39 bits per heavy atom. The molecule has 0 radical (unpaired) electrons. The minimum absolute atomic E-state index is 0.343. The zero-order valence-electron chi connectivity index (χ0n) is 9.54. The van der Waals surface area contributed by atoms with Crippen LogP contribution in [0.4, 0.5) is 13.2 Å². The van der Waals surface area contributed by atoms with E-state index >= 15 is 0 Å². The predicted octanol–water partition coefficient (Wildman–Crippen LogP) is 3.35. The molecule has 2 N–H and O–H groups in total. The second-order valence-corrected chi connectivity index (χ2v) is 4.11. The lowest BCUT2D eigenvalue weighted by Gasteiger charge is -2.12. The van der Waals surface area contributed by atoms with Gasteiger partial charge in [-0.05, 0) is 41.8 Å². The van der Waals surface area contributed by atoms with Crippen molar-refractivity contribution < 1.29 is 13.2 Å². The van der Waals surface area contributed by atoms with E-state index in [1.807, 2.05) is 0 Å². The number of rotatable bonds is 3. The molecule has 0 heterocycles. The molecule has 0 aliphatic rings. The van der Waals surface area contributed by atoms with Gasteiger partial charge in [0.15, 0.2) is 11.6 Å². The van der Waals surface area contributed by atoms with Crippen LogP contribution in [0.15, 0.2) is 42.5 Å². The number of nitrogens with two attached hydrogens (primary N) is 1. The summed E-state index contributed by atoms with van der Waals surface area (Å²) in [6.07, 6.45) is 0.364. The van der Waals surface area contributed by atoms with E-state index in [-0.39, 0.29) is 5.82 Å². The Morgan fingerprint density at radius 1 is 0.944 bits per heavy atom. The highest BCUT2D eigenvalue weighted by atomic mass is 19.2. The molecular weight excluding hydrogens is 239 g/mol. The van der Waals surface area contributed by atoms with Gasteiger partial charge >= 0.3 is 0 Å². The van der Waals surface area contributed by atoms with Crippen LogP contribution >= 0.6 is 0 Å². The number of benzene rings is 2. The van der Waals surface area contributed by atoms with Crippen molar-refractivity contribution in [3.8, 4) is 0 Å². The van der Waals surface area contributed by atoms with Gasteiger partial charge in [0.05, 0.1) is 0 Å². The summed E-state index contributed by atoms with van der Waals surface area (Å²) in [6.45, 7) is 0. The first kappa shape index (κ1) is 12.6. The maximum Gasteiger partial charge on any atom is 0.159 e. The normalized spacial score (nSPS) is 12.4. The van der Waals surface area contributed by atoms with Crippen molar-refractivity contribution in [2.24, 2.45) is 5.73 Å². The van der Waals surface area contributed by atoms with Crippen LogP contribution in [0.2, 0.25) is 0 Å². The lowest BCUT2D eigenvalue weighted by atomic mass is 9.99. The van der Waals surface area contributed by atoms with Crippen molar-refractivity contribution in [2.75, 3.05) is 0 Å². The summed E-state index contributed by atoms with van der Waals surface area (Å²) < 4.78 is 38.8. The summed E-state index contributed by atoms with van der Waals surface area (Å²) in [5, 5.41) is 0. The fourth-order valence-electron chi connectivity index (χ4n) is 1.78. The summed E-state index contributed by atoms with van der Waals surface area (Å²) in [4.78, 5) is 0. The van der Waals surface area contributed by atoms with E-state index in [1.165, 1.54) is 18.2 Å². The van der Waals surface area contributed by atoms with Crippen LogP contribution in [0.1, 0.15) is 17.2 Å². The molecule has 18 heavy (non-hydrogen) atoms. The summed E-state index contributed by atoms with van der Waals surface area (Å²) in [5.41, 5.74) is 7.08. The van der Waals surface area contributed by atoms with E-state index in [0.717, 1.165) is 12.1 Å². The van der Waals surface area contributed by atoms with Crippen LogP contribution in [-0.4, -0.2) is 0 Å². The Labute approximate surface area is 103 Å². The van der Waals surface area contributed by atoms with Crippen LogP contribution in [0, 0.1) is 17.5 Å². The average molecular weight is 251 g/mol. The fourth-order valence-corrected chi connectivity index (χ4v) is 1.78. The van der Waals surface area contributed by atoms with Crippen LogP contribution < -0.4 is 5.73 Å².